The van der Waals surface area contributed by atoms with Crippen molar-refractivity contribution in [2.75, 3.05) is 5.73 Å². The molecule has 1 aromatic carbocycles. The molecular formula is C10H8ClNOS. The van der Waals surface area contributed by atoms with Gasteiger partial charge in [-0.2, -0.15) is 0 Å². The monoisotopic (exact) mass is 225 g/mol. The van der Waals surface area contributed by atoms with Crippen LogP contribution in [0.15, 0.2) is 17.5 Å². The number of thiophene rings is 1. The molecule has 0 saturated heterocycles. The molecule has 1 aromatic heterocycles. The highest BCUT2D eigenvalue weighted by molar-refractivity contribution is 7.18. The highest BCUT2D eigenvalue weighted by atomic mass is 35.5. The largest absolute Gasteiger partial charge is 0.398 e. The summed E-state index contributed by atoms with van der Waals surface area (Å²) in [5.74, 6) is 0.349. The average Bonchev–Trinajstić information content (AvgIpc) is 2.59. The number of hydrogen-bond donors (Lipinski definition) is 1. The second-order valence-corrected chi connectivity index (χ2v) is 4.10. The van der Waals surface area contributed by atoms with Crippen molar-refractivity contribution in [2.45, 2.75) is 5.88 Å². The van der Waals surface area contributed by atoms with Gasteiger partial charge in [-0.1, -0.05) is 12.1 Å². The first-order valence-corrected chi connectivity index (χ1v) is 5.49. The van der Waals surface area contributed by atoms with Crippen LogP contribution in [0.4, 0.5) is 5.69 Å². The van der Waals surface area contributed by atoms with Gasteiger partial charge in [-0.25, -0.2) is 0 Å². The smallest absolute Gasteiger partial charge is 0.151 e. The van der Waals surface area contributed by atoms with Crippen LogP contribution in [0.3, 0.4) is 0 Å². The molecule has 0 saturated carbocycles. The summed E-state index contributed by atoms with van der Waals surface area (Å²) >= 11 is 7.21. The lowest BCUT2D eigenvalue weighted by molar-refractivity contribution is 0.112. The zero-order chi connectivity index (χ0) is 10.1. The van der Waals surface area contributed by atoms with Crippen molar-refractivity contribution in [3.63, 3.8) is 0 Å². The van der Waals surface area contributed by atoms with E-state index in [4.69, 9.17) is 17.3 Å². The molecule has 4 heteroatoms. The van der Waals surface area contributed by atoms with E-state index in [-0.39, 0.29) is 0 Å². The summed E-state index contributed by atoms with van der Waals surface area (Å²) in [5, 5.41) is 2.78. The Balaban J connectivity index is 2.84. The molecule has 0 spiro atoms. The average molecular weight is 226 g/mol. The molecule has 0 aliphatic rings. The Hall–Kier alpha value is -1.06. The number of benzene rings is 1. The van der Waals surface area contributed by atoms with Gasteiger partial charge < -0.3 is 5.73 Å². The molecule has 1 heterocycles. The van der Waals surface area contributed by atoms with E-state index in [1.54, 1.807) is 0 Å². The topological polar surface area (TPSA) is 43.1 Å². The second-order valence-electron chi connectivity index (χ2n) is 2.96. The Morgan fingerprint density at radius 1 is 1.50 bits per heavy atom. The number of nitrogen functional groups attached to an aromatic ring is 1. The molecule has 2 rings (SSSR count). The summed E-state index contributed by atoms with van der Waals surface area (Å²) in [6.45, 7) is 0. The molecule has 0 amide bonds. The van der Waals surface area contributed by atoms with Crippen LogP contribution >= 0.6 is 22.9 Å². The number of carbonyl (C=O) groups excluding carboxylic acids is 1. The fraction of sp³-hybridized carbons (Fsp3) is 0.100. The molecule has 0 radical (unpaired) electrons. The minimum atomic E-state index is 0.349. The van der Waals surface area contributed by atoms with Crippen molar-refractivity contribution in [2.24, 2.45) is 0 Å². The maximum absolute atomic E-state index is 10.9. The van der Waals surface area contributed by atoms with Gasteiger partial charge in [-0.3, -0.25) is 4.79 Å². The number of alkyl halides is 1. The molecular weight excluding hydrogens is 218 g/mol. The predicted molar refractivity (Wildman–Crippen MR) is 61.2 cm³/mol. The van der Waals surface area contributed by atoms with Crippen LogP contribution in [0, 0.1) is 0 Å². The molecule has 0 bridgehead atoms. The molecule has 2 nitrogen and oxygen atoms in total. The van der Waals surface area contributed by atoms with Crippen molar-refractivity contribution in [1.82, 2.24) is 0 Å². The Labute approximate surface area is 90.3 Å². The van der Waals surface area contributed by atoms with Crippen LogP contribution in [0.5, 0.6) is 0 Å². The van der Waals surface area contributed by atoms with Gasteiger partial charge in [0.2, 0.25) is 0 Å². The molecule has 72 valence electrons. The normalized spacial score (nSPS) is 10.6. The first-order valence-electron chi connectivity index (χ1n) is 4.07. The third kappa shape index (κ3) is 1.29. The van der Waals surface area contributed by atoms with E-state index in [0.29, 0.717) is 17.1 Å². The van der Waals surface area contributed by atoms with E-state index < -0.39 is 0 Å². The zero-order valence-corrected chi connectivity index (χ0v) is 8.86. The Morgan fingerprint density at radius 2 is 2.29 bits per heavy atom. The summed E-state index contributed by atoms with van der Waals surface area (Å²) in [4.78, 5) is 10.9. The fourth-order valence-electron chi connectivity index (χ4n) is 1.43. The van der Waals surface area contributed by atoms with Crippen LogP contribution in [0.2, 0.25) is 0 Å². The number of nitrogens with two attached hydrogens (primary N) is 1. The first-order chi connectivity index (χ1) is 6.77. The van der Waals surface area contributed by atoms with Crippen molar-refractivity contribution >= 4 is 45.0 Å². The van der Waals surface area contributed by atoms with E-state index >= 15 is 0 Å². The second kappa shape index (κ2) is 3.59. The number of anilines is 1. The third-order valence-corrected chi connectivity index (χ3v) is 3.50. The van der Waals surface area contributed by atoms with Gasteiger partial charge in [0.25, 0.3) is 0 Å². The number of halogens is 1. The number of carbonyl (C=O) groups is 1. The number of aldehydes is 1. The van der Waals surface area contributed by atoms with Crippen LogP contribution in [0.25, 0.3) is 10.1 Å². The Bertz CT molecular complexity index is 492. The highest BCUT2D eigenvalue weighted by Gasteiger charge is 2.09. The lowest BCUT2D eigenvalue weighted by atomic mass is 10.1. The molecule has 2 aromatic rings. The Kier molecular flexibility index (Phi) is 2.44. The summed E-state index contributed by atoms with van der Waals surface area (Å²) in [5.41, 5.74) is 7.99. The first kappa shape index (κ1) is 9.49. The van der Waals surface area contributed by atoms with Gasteiger partial charge in [-0.05, 0) is 5.56 Å². The number of fused-ring (bicyclic) bond motifs is 1. The van der Waals surface area contributed by atoms with Gasteiger partial charge in [0.05, 0.1) is 5.69 Å². The quantitative estimate of drug-likeness (QED) is 0.631. The standard InChI is InChI=1S/C10H8ClNOS/c11-3-6-1-2-7-9(12)5-14-10(7)8(6)4-13/h1-2,4-5H,3,12H2. The van der Waals surface area contributed by atoms with Gasteiger partial charge in [0.15, 0.2) is 6.29 Å². The van der Waals surface area contributed by atoms with E-state index in [1.165, 1.54) is 11.3 Å². The number of hydrogen-bond acceptors (Lipinski definition) is 3. The molecule has 0 aliphatic carbocycles. The number of rotatable bonds is 2. The SMILES string of the molecule is Nc1csc2c(C=O)c(CCl)ccc12. The van der Waals surface area contributed by atoms with Crippen molar-refractivity contribution in [3.05, 3.63) is 28.6 Å². The minimum absolute atomic E-state index is 0.349. The van der Waals surface area contributed by atoms with Gasteiger partial charge >= 0.3 is 0 Å². The molecule has 0 atom stereocenters. The fourth-order valence-corrected chi connectivity index (χ4v) is 2.65. The van der Waals surface area contributed by atoms with Crippen LogP contribution in [-0.2, 0) is 5.88 Å². The maximum Gasteiger partial charge on any atom is 0.151 e. The van der Waals surface area contributed by atoms with Crippen molar-refractivity contribution in [1.29, 1.82) is 0 Å². The van der Waals surface area contributed by atoms with Crippen LogP contribution in [0.1, 0.15) is 15.9 Å². The maximum atomic E-state index is 10.9. The van der Waals surface area contributed by atoms with E-state index in [0.717, 1.165) is 21.9 Å². The van der Waals surface area contributed by atoms with Crippen LogP contribution in [-0.4, -0.2) is 6.29 Å². The molecule has 0 fully saturated rings. The molecule has 14 heavy (non-hydrogen) atoms. The van der Waals surface area contributed by atoms with Gasteiger partial charge in [-0.15, -0.1) is 22.9 Å². The summed E-state index contributed by atoms with van der Waals surface area (Å²) < 4.78 is 0.927. The van der Waals surface area contributed by atoms with Gasteiger partial charge in [0, 0.05) is 26.9 Å². The highest BCUT2D eigenvalue weighted by Crippen LogP contribution is 2.32. The predicted octanol–water partition coefficient (Wildman–Crippen LogP) is 3.03. The zero-order valence-electron chi connectivity index (χ0n) is 7.29. The van der Waals surface area contributed by atoms with E-state index in [1.807, 2.05) is 17.5 Å². The van der Waals surface area contributed by atoms with E-state index in [9.17, 15) is 4.79 Å². The molecule has 2 N–H and O–H groups in total. The molecule has 0 unspecified atom stereocenters. The summed E-state index contributed by atoms with van der Waals surface area (Å²) in [7, 11) is 0. The van der Waals surface area contributed by atoms with E-state index in [2.05, 4.69) is 0 Å². The van der Waals surface area contributed by atoms with Crippen molar-refractivity contribution < 1.29 is 4.79 Å². The third-order valence-electron chi connectivity index (χ3n) is 2.16. The van der Waals surface area contributed by atoms with Crippen LogP contribution < -0.4 is 5.73 Å². The lowest BCUT2D eigenvalue weighted by Gasteiger charge is -2.01. The minimum Gasteiger partial charge on any atom is -0.398 e. The lowest BCUT2D eigenvalue weighted by Crippen LogP contribution is -1.90. The van der Waals surface area contributed by atoms with Gasteiger partial charge in [0.1, 0.15) is 0 Å². The summed E-state index contributed by atoms with van der Waals surface area (Å²) in [6, 6.07) is 3.76. The Morgan fingerprint density at radius 3 is 2.93 bits per heavy atom. The van der Waals surface area contributed by atoms with Crippen molar-refractivity contribution in [3.8, 4) is 0 Å². The molecule has 0 aliphatic heterocycles. The summed E-state index contributed by atoms with van der Waals surface area (Å²) in [6.07, 6.45) is 0.843.